The zero-order valence-corrected chi connectivity index (χ0v) is 14.3. The molecule has 0 aliphatic carbocycles. The highest BCUT2D eigenvalue weighted by Crippen LogP contribution is 2.37. The molecule has 6 rings (SSSR count). The van der Waals surface area contributed by atoms with E-state index in [1.807, 2.05) is 36.5 Å². The van der Waals surface area contributed by atoms with Gasteiger partial charge in [0.25, 0.3) is 0 Å². The van der Waals surface area contributed by atoms with Gasteiger partial charge in [0, 0.05) is 16.3 Å². The second kappa shape index (κ2) is 5.42. The Hall–Kier alpha value is -3.66. The molecule has 0 atom stereocenters. The minimum absolute atomic E-state index is 0.263. The zero-order chi connectivity index (χ0) is 17.8. The van der Waals surface area contributed by atoms with Gasteiger partial charge < -0.3 is 9.47 Å². The van der Waals surface area contributed by atoms with E-state index in [0.717, 1.165) is 44.6 Å². The van der Waals surface area contributed by atoms with Crippen LogP contribution >= 0.6 is 0 Å². The molecule has 4 heteroatoms. The summed E-state index contributed by atoms with van der Waals surface area (Å²) in [6, 6.07) is 22.6. The molecule has 0 amide bonds. The highest BCUT2D eigenvalue weighted by atomic mass is 16.7. The van der Waals surface area contributed by atoms with Crippen LogP contribution in [0.5, 0.6) is 11.5 Å². The maximum Gasteiger partial charge on any atom is 0.231 e. The third kappa shape index (κ3) is 2.10. The van der Waals surface area contributed by atoms with Gasteiger partial charge in [-0.3, -0.25) is 4.98 Å². The first-order valence-corrected chi connectivity index (χ1v) is 8.85. The Morgan fingerprint density at radius 1 is 0.667 bits per heavy atom. The van der Waals surface area contributed by atoms with Crippen molar-refractivity contribution in [1.82, 2.24) is 9.97 Å². The number of hydrogen-bond donors (Lipinski definition) is 0. The molecular weight excluding hydrogens is 336 g/mol. The van der Waals surface area contributed by atoms with Gasteiger partial charge in [0.05, 0.1) is 22.9 Å². The maximum atomic E-state index is 5.51. The number of rotatable bonds is 1. The Bertz CT molecular complexity index is 1330. The third-order valence-electron chi connectivity index (χ3n) is 5.10. The van der Waals surface area contributed by atoms with Crippen molar-refractivity contribution < 1.29 is 9.47 Å². The van der Waals surface area contributed by atoms with Crippen molar-refractivity contribution in [2.24, 2.45) is 0 Å². The Morgan fingerprint density at radius 2 is 1.33 bits per heavy atom. The SMILES string of the molecule is c1ccc2c(c1)c1ccccc1c1nc(-c3ccc4c(c3)OCO4)cnc21. The summed E-state index contributed by atoms with van der Waals surface area (Å²) in [6.07, 6.45) is 1.83. The topological polar surface area (TPSA) is 44.2 Å². The van der Waals surface area contributed by atoms with E-state index in [4.69, 9.17) is 19.4 Å². The monoisotopic (exact) mass is 350 g/mol. The number of aromatic nitrogens is 2. The lowest BCUT2D eigenvalue weighted by molar-refractivity contribution is 0.174. The van der Waals surface area contributed by atoms with E-state index in [-0.39, 0.29) is 6.79 Å². The van der Waals surface area contributed by atoms with Crippen molar-refractivity contribution in [2.75, 3.05) is 6.79 Å². The minimum Gasteiger partial charge on any atom is -0.454 e. The van der Waals surface area contributed by atoms with Crippen LogP contribution in [-0.4, -0.2) is 16.8 Å². The van der Waals surface area contributed by atoms with Crippen LogP contribution in [0.15, 0.2) is 72.9 Å². The molecule has 0 unspecified atom stereocenters. The molecule has 1 aromatic heterocycles. The van der Waals surface area contributed by atoms with Crippen LogP contribution in [0.25, 0.3) is 43.8 Å². The lowest BCUT2D eigenvalue weighted by Gasteiger charge is -2.10. The van der Waals surface area contributed by atoms with Gasteiger partial charge in [-0.2, -0.15) is 0 Å². The van der Waals surface area contributed by atoms with Crippen molar-refractivity contribution >= 4 is 32.6 Å². The fourth-order valence-corrected chi connectivity index (χ4v) is 3.82. The first-order chi connectivity index (χ1) is 13.4. The average Bonchev–Trinajstić information content (AvgIpc) is 3.21. The summed E-state index contributed by atoms with van der Waals surface area (Å²) < 4.78 is 10.9. The predicted molar refractivity (Wildman–Crippen MR) is 106 cm³/mol. The van der Waals surface area contributed by atoms with E-state index in [2.05, 4.69) is 36.4 Å². The molecule has 0 saturated carbocycles. The standard InChI is InChI=1S/C23H14N2O2/c1-3-7-17-15(5-1)16-6-2-4-8-18(16)23-22(17)24-12-19(25-23)14-9-10-20-21(11-14)27-13-26-20/h1-12H,13H2. The van der Waals surface area contributed by atoms with Gasteiger partial charge in [-0.05, 0) is 29.0 Å². The zero-order valence-electron chi connectivity index (χ0n) is 14.3. The molecule has 0 N–H and O–H groups in total. The van der Waals surface area contributed by atoms with E-state index in [1.165, 1.54) is 10.8 Å². The molecular formula is C23H14N2O2. The summed E-state index contributed by atoms with van der Waals surface area (Å²) >= 11 is 0. The molecule has 0 radical (unpaired) electrons. The Labute approximate surface area is 155 Å². The highest BCUT2D eigenvalue weighted by Gasteiger charge is 2.16. The van der Waals surface area contributed by atoms with Crippen LogP contribution in [0.4, 0.5) is 0 Å². The molecule has 2 heterocycles. The molecule has 0 spiro atoms. The van der Waals surface area contributed by atoms with Gasteiger partial charge in [-0.15, -0.1) is 0 Å². The Kier molecular flexibility index (Phi) is 2.91. The Balaban J connectivity index is 1.68. The molecule has 5 aromatic rings. The number of hydrogen-bond acceptors (Lipinski definition) is 4. The number of benzene rings is 4. The van der Waals surface area contributed by atoms with E-state index in [9.17, 15) is 0 Å². The fraction of sp³-hybridized carbons (Fsp3) is 0.0435. The van der Waals surface area contributed by atoms with Crippen molar-refractivity contribution in [2.45, 2.75) is 0 Å². The first kappa shape index (κ1) is 14.5. The van der Waals surface area contributed by atoms with Crippen LogP contribution in [0.2, 0.25) is 0 Å². The molecule has 4 aromatic carbocycles. The largest absolute Gasteiger partial charge is 0.454 e. The molecule has 1 aliphatic rings. The Morgan fingerprint density at radius 3 is 2.11 bits per heavy atom. The maximum absolute atomic E-state index is 5.51. The van der Waals surface area contributed by atoms with E-state index < -0.39 is 0 Å². The van der Waals surface area contributed by atoms with Gasteiger partial charge in [0.2, 0.25) is 6.79 Å². The normalized spacial score (nSPS) is 12.9. The lowest BCUT2D eigenvalue weighted by Crippen LogP contribution is -1.93. The summed E-state index contributed by atoms with van der Waals surface area (Å²) in [6.45, 7) is 0.263. The van der Waals surface area contributed by atoms with Crippen LogP contribution in [-0.2, 0) is 0 Å². The van der Waals surface area contributed by atoms with Crippen LogP contribution in [0.3, 0.4) is 0 Å². The number of fused-ring (bicyclic) bond motifs is 7. The smallest absolute Gasteiger partial charge is 0.231 e. The highest BCUT2D eigenvalue weighted by molar-refractivity contribution is 6.23. The van der Waals surface area contributed by atoms with Gasteiger partial charge >= 0.3 is 0 Å². The van der Waals surface area contributed by atoms with Crippen LogP contribution < -0.4 is 9.47 Å². The van der Waals surface area contributed by atoms with Gasteiger partial charge in [0.1, 0.15) is 0 Å². The fourth-order valence-electron chi connectivity index (χ4n) is 3.82. The van der Waals surface area contributed by atoms with E-state index >= 15 is 0 Å². The second-order valence-electron chi connectivity index (χ2n) is 6.61. The number of ether oxygens (including phenoxy) is 2. The van der Waals surface area contributed by atoms with Crippen LogP contribution in [0, 0.1) is 0 Å². The van der Waals surface area contributed by atoms with Gasteiger partial charge in [-0.1, -0.05) is 48.5 Å². The summed E-state index contributed by atoms with van der Waals surface area (Å²) in [4.78, 5) is 9.79. The molecule has 0 fully saturated rings. The number of nitrogens with zero attached hydrogens (tertiary/aromatic N) is 2. The summed E-state index contributed by atoms with van der Waals surface area (Å²) in [5.41, 5.74) is 3.63. The van der Waals surface area contributed by atoms with Crippen molar-refractivity contribution in [3.8, 4) is 22.8 Å². The van der Waals surface area contributed by atoms with Crippen molar-refractivity contribution in [3.05, 3.63) is 72.9 Å². The molecule has 128 valence electrons. The quantitative estimate of drug-likeness (QED) is 0.383. The summed E-state index contributed by atoms with van der Waals surface area (Å²) in [5.74, 6) is 1.52. The molecule has 27 heavy (non-hydrogen) atoms. The minimum atomic E-state index is 0.263. The summed E-state index contributed by atoms with van der Waals surface area (Å²) in [5, 5.41) is 4.63. The van der Waals surface area contributed by atoms with E-state index in [1.54, 1.807) is 0 Å². The average molecular weight is 350 g/mol. The van der Waals surface area contributed by atoms with Gasteiger partial charge in [-0.25, -0.2) is 4.98 Å². The molecule has 1 aliphatic heterocycles. The van der Waals surface area contributed by atoms with E-state index in [0.29, 0.717) is 0 Å². The van der Waals surface area contributed by atoms with Gasteiger partial charge in [0.15, 0.2) is 11.5 Å². The molecule has 0 saturated heterocycles. The molecule has 0 bridgehead atoms. The summed E-state index contributed by atoms with van der Waals surface area (Å²) in [7, 11) is 0. The first-order valence-electron chi connectivity index (χ1n) is 8.85. The van der Waals surface area contributed by atoms with Crippen molar-refractivity contribution in [1.29, 1.82) is 0 Å². The lowest BCUT2D eigenvalue weighted by atomic mass is 9.99. The molecule has 4 nitrogen and oxygen atoms in total. The second-order valence-corrected chi connectivity index (χ2v) is 6.61. The van der Waals surface area contributed by atoms with Crippen molar-refractivity contribution in [3.63, 3.8) is 0 Å². The third-order valence-corrected chi connectivity index (χ3v) is 5.10. The predicted octanol–water partition coefficient (Wildman–Crippen LogP) is 5.33. The van der Waals surface area contributed by atoms with Crippen LogP contribution in [0.1, 0.15) is 0 Å².